The highest BCUT2D eigenvalue weighted by molar-refractivity contribution is 5.98. The van der Waals surface area contributed by atoms with Gasteiger partial charge in [-0.25, -0.2) is 4.68 Å². The Kier molecular flexibility index (Phi) is 5.55. The lowest BCUT2D eigenvalue weighted by Crippen LogP contribution is -2.46. The third kappa shape index (κ3) is 3.83. The summed E-state index contributed by atoms with van der Waals surface area (Å²) >= 11 is 0. The number of piperazine rings is 1. The van der Waals surface area contributed by atoms with Crippen LogP contribution in [0.4, 0.5) is 5.69 Å². The largest absolute Gasteiger partial charge is 0.457 e. The Morgan fingerprint density at radius 3 is 2.56 bits per heavy atom. The SMILES string of the molecule is Cc1ccccc1Oc1ccc(-n2nc3c(c2C(N)=O)NCC[C@H]3N2CCNCC2)cc1. The van der Waals surface area contributed by atoms with Crippen LogP contribution in [0.25, 0.3) is 5.69 Å². The molecule has 0 spiro atoms. The zero-order valence-corrected chi connectivity index (χ0v) is 18.2. The number of nitrogens with two attached hydrogens (primary N) is 1. The minimum absolute atomic E-state index is 0.177. The van der Waals surface area contributed by atoms with Crippen molar-refractivity contribution in [2.45, 2.75) is 19.4 Å². The molecule has 2 aliphatic heterocycles. The number of benzene rings is 2. The van der Waals surface area contributed by atoms with Gasteiger partial charge in [0.2, 0.25) is 0 Å². The number of ether oxygens (including phenoxy) is 1. The van der Waals surface area contributed by atoms with Gasteiger partial charge in [0.1, 0.15) is 17.2 Å². The molecule has 1 amide bonds. The van der Waals surface area contributed by atoms with Crippen LogP contribution in [-0.4, -0.2) is 53.3 Å². The molecule has 4 N–H and O–H groups in total. The zero-order chi connectivity index (χ0) is 22.1. The second kappa shape index (κ2) is 8.64. The van der Waals surface area contributed by atoms with Gasteiger partial charge in [-0.2, -0.15) is 5.10 Å². The highest BCUT2D eigenvalue weighted by Crippen LogP contribution is 2.37. The van der Waals surface area contributed by atoms with Crippen LogP contribution in [0.3, 0.4) is 0 Å². The Morgan fingerprint density at radius 1 is 1.09 bits per heavy atom. The van der Waals surface area contributed by atoms with Crippen LogP contribution in [0.5, 0.6) is 11.5 Å². The Balaban J connectivity index is 1.47. The lowest BCUT2D eigenvalue weighted by molar-refractivity contribution is 0.0993. The van der Waals surface area contributed by atoms with E-state index in [4.69, 9.17) is 15.6 Å². The number of aryl methyl sites for hydroxylation is 1. The number of carbonyl (C=O) groups excluding carboxylic acids is 1. The molecule has 0 radical (unpaired) electrons. The van der Waals surface area contributed by atoms with Crippen LogP contribution >= 0.6 is 0 Å². The Hall–Kier alpha value is -3.36. The maximum Gasteiger partial charge on any atom is 0.269 e. The smallest absolute Gasteiger partial charge is 0.269 e. The third-order valence-electron chi connectivity index (χ3n) is 6.18. The highest BCUT2D eigenvalue weighted by Gasteiger charge is 2.34. The zero-order valence-electron chi connectivity index (χ0n) is 18.2. The number of nitrogens with zero attached hydrogens (tertiary/aromatic N) is 3. The number of aromatic nitrogens is 2. The molecule has 8 heteroatoms. The van der Waals surface area contributed by atoms with Crippen molar-refractivity contribution in [1.29, 1.82) is 0 Å². The van der Waals surface area contributed by atoms with Crippen LogP contribution in [0.15, 0.2) is 48.5 Å². The molecule has 1 saturated heterocycles. The molecule has 2 aliphatic rings. The number of para-hydroxylation sites is 1. The summed E-state index contributed by atoms with van der Waals surface area (Å²) in [7, 11) is 0. The number of nitrogens with one attached hydrogen (secondary N) is 2. The molecule has 0 unspecified atom stereocenters. The topological polar surface area (TPSA) is 97.4 Å². The number of rotatable bonds is 5. The van der Waals surface area contributed by atoms with Crippen molar-refractivity contribution >= 4 is 11.6 Å². The lowest BCUT2D eigenvalue weighted by Gasteiger charge is -2.36. The van der Waals surface area contributed by atoms with Gasteiger partial charge in [-0.15, -0.1) is 0 Å². The maximum absolute atomic E-state index is 12.4. The van der Waals surface area contributed by atoms with E-state index in [9.17, 15) is 4.79 Å². The average Bonchev–Trinajstić information content (AvgIpc) is 3.22. The summed E-state index contributed by atoms with van der Waals surface area (Å²) < 4.78 is 7.67. The number of anilines is 1. The van der Waals surface area contributed by atoms with E-state index in [1.54, 1.807) is 4.68 Å². The van der Waals surface area contributed by atoms with E-state index >= 15 is 0 Å². The van der Waals surface area contributed by atoms with Gasteiger partial charge in [0.25, 0.3) is 5.91 Å². The number of amides is 1. The van der Waals surface area contributed by atoms with Crippen molar-refractivity contribution in [2.24, 2.45) is 5.73 Å². The highest BCUT2D eigenvalue weighted by atomic mass is 16.5. The quantitative estimate of drug-likeness (QED) is 0.574. The molecule has 8 nitrogen and oxygen atoms in total. The number of fused-ring (bicyclic) bond motifs is 1. The predicted octanol–water partition coefficient (Wildman–Crippen LogP) is 2.83. The van der Waals surface area contributed by atoms with Gasteiger partial charge in [-0.05, 0) is 49.2 Å². The van der Waals surface area contributed by atoms with Crippen LogP contribution < -0.4 is 21.1 Å². The molecule has 1 fully saturated rings. The molecule has 5 rings (SSSR count). The van der Waals surface area contributed by atoms with Gasteiger partial charge >= 0.3 is 0 Å². The second-order valence-electron chi connectivity index (χ2n) is 8.26. The van der Waals surface area contributed by atoms with Gasteiger partial charge in [0, 0.05) is 32.7 Å². The van der Waals surface area contributed by atoms with E-state index in [-0.39, 0.29) is 6.04 Å². The molecular weight excluding hydrogens is 404 g/mol. The fourth-order valence-corrected chi connectivity index (χ4v) is 4.53. The number of carbonyl (C=O) groups is 1. The first-order chi connectivity index (χ1) is 15.6. The summed E-state index contributed by atoms with van der Waals surface area (Å²) in [5.74, 6) is 1.04. The van der Waals surface area contributed by atoms with E-state index in [1.165, 1.54) is 0 Å². The standard InChI is InChI=1S/C24H28N6O2/c1-16-4-2-3-5-20(16)32-18-8-6-17(7-9-18)30-23(24(25)31)22-21(28-30)19(10-11-27-22)29-14-12-26-13-15-29/h2-9,19,26-27H,10-15H2,1H3,(H2,25,31)/t19-/m1/s1. The molecule has 0 saturated carbocycles. The van der Waals surface area contributed by atoms with Gasteiger partial charge in [-0.3, -0.25) is 9.69 Å². The van der Waals surface area contributed by atoms with Crippen molar-refractivity contribution in [1.82, 2.24) is 20.0 Å². The first kappa shape index (κ1) is 20.5. The van der Waals surface area contributed by atoms with Gasteiger partial charge < -0.3 is 21.1 Å². The Morgan fingerprint density at radius 2 is 1.84 bits per heavy atom. The second-order valence-corrected chi connectivity index (χ2v) is 8.26. The lowest BCUT2D eigenvalue weighted by atomic mass is 10.0. The fraction of sp³-hybridized carbons (Fsp3) is 0.333. The molecule has 166 valence electrons. The molecule has 0 aliphatic carbocycles. The van der Waals surface area contributed by atoms with Crippen molar-refractivity contribution in [3.8, 4) is 17.2 Å². The minimum Gasteiger partial charge on any atom is -0.457 e. The summed E-state index contributed by atoms with van der Waals surface area (Å²) in [6, 6.07) is 15.6. The number of primary amides is 1. The molecule has 0 bridgehead atoms. The molecule has 3 aromatic rings. The summed E-state index contributed by atoms with van der Waals surface area (Å²) in [5, 5.41) is 11.6. The summed E-state index contributed by atoms with van der Waals surface area (Å²) in [4.78, 5) is 14.9. The molecule has 32 heavy (non-hydrogen) atoms. The van der Waals surface area contributed by atoms with Crippen LogP contribution in [-0.2, 0) is 0 Å². The van der Waals surface area contributed by atoms with E-state index in [1.807, 2.05) is 55.5 Å². The van der Waals surface area contributed by atoms with Crippen molar-refractivity contribution in [3.63, 3.8) is 0 Å². The van der Waals surface area contributed by atoms with Crippen LogP contribution in [0.2, 0.25) is 0 Å². The minimum atomic E-state index is -0.493. The van der Waals surface area contributed by atoms with Gasteiger partial charge in [0.05, 0.1) is 17.4 Å². The first-order valence-corrected chi connectivity index (χ1v) is 11.1. The molecule has 3 heterocycles. The van der Waals surface area contributed by atoms with E-state index in [0.717, 1.165) is 73.3 Å². The molecule has 1 atom stereocenters. The number of hydrogen-bond acceptors (Lipinski definition) is 6. The summed E-state index contributed by atoms with van der Waals surface area (Å²) in [5.41, 5.74) is 9.69. The third-order valence-corrected chi connectivity index (χ3v) is 6.18. The van der Waals surface area contributed by atoms with Crippen molar-refractivity contribution < 1.29 is 9.53 Å². The van der Waals surface area contributed by atoms with Crippen LogP contribution in [0.1, 0.15) is 34.2 Å². The fourth-order valence-electron chi connectivity index (χ4n) is 4.53. The van der Waals surface area contributed by atoms with E-state index in [2.05, 4.69) is 15.5 Å². The molecular formula is C24H28N6O2. The van der Waals surface area contributed by atoms with Gasteiger partial charge in [-0.1, -0.05) is 18.2 Å². The monoisotopic (exact) mass is 432 g/mol. The predicted molar refractivity (Wildman–Crippen MR) is 124 cm³/mol. The van der Waals surface area contributed by atoms with E-state index in [0.29, 0.717) is 5.69 Å². The Labute approximate surface area is 187 Å². The summed E-state index contributed by atoms with van der Waals surface area (Å²) in [6.45, 7) is 6.66. The van der Waals surface area contributed by atoms with Crippen molar-refractivity contribution in [3.05, 3.63) is 65.5 Å². The average molecular weight is 433 g/mol. The maximum atomic E-state index is 12.4. The first-order valence-electron chi connectivity index (χ1n) is 11.1. The van der Waals surface area contributed by atoms with Gasteiger partial charge in [0.15, 0.2) is 5.69 Å². The number of hydrogen-bond donors (Lipinski definition) is 3. The normalized spacial score (nSPS) is 18.6. The van der Waals surface area contributed by atoms with Crippen molar-refractivity contribution in [2.75, 3.05) is 38.0 Å². The van der Waals surface area contributed by atoms with E-state index < -0.39 is 5.91 Å². The molecule has 1 aromatic heterocycles. The summed E-state index contributed by atoms with van der Waals surface area (Å²) in [6.07, 6.45) is 0.950. The molecule has 2 aromatic carbocycles. The Bertz CT molecular complexity index is 1120. The van der Waals surface area contributed by atoms with Crippen LogP contribution in [0, 0.1) is 6.92 Å².